The van der Waals surface area contributed by atoms with Gasteiger partial charge in [0.25, 0.3) is 5.91 Å². The van der Waals surface area contributed by atoms with Crippen molar-refractivity contribution in [3.8, 4) is 6.07 Å². The fourth-order valence-electron chi connectivity index (χ4n) is 2.07. The molecule has 0 spiro atoms. The highest BCUT2D eigenvalue weighted by Crippen LogP contribution is 2.18. The molecule has 0 fully saturated rings. The molecule has 0 aliphatic heterocycles. The molecule has 0 atom stereocenters. The van der Waals surface area contributed by atoms with Crippen LogP contribution in [0.2, 0.25) is 0 Å². The van der Waals surface area contributed by atoms with Gasteiger partial charge in [0.15, 0.2) is 0 Å². The smallest absolute Gasteiger partial charge is 0.254 e. The number of aryl methyl sites for hydroxylation is 1. The van der Waals surface area contributed by atoms with E-state index in [2.05, 4.69) is 22.0 Å². The second-order valence-electron chi connectivity index (χ2n) is 4.73. The number of carbonyl (C=O) groups is 1. The Bertz CT molecular complexity index is 639. The minimum atomic E-state index is -0.106. The lowest BCUT2D eigenvalue weighted by Crippen LogP contribution is -2.31. The van der Waals surface area contributed by atoms with Crippen LogP contribution in [-0.2, 0) is 6.54 Å². The summed E-state index contributed by atoms with van der Waals surface area (Å²) in [6.45, 7) is 2.67. The largest absolute Gasteiger partial charge is 0.467 e. The first kappa shape index (κ1) is 15.3. The first-order chi connectivity index (χ1) is 10.1. The van der Waals surface area contributed by atoms with Gasteiger partial charge in [-0.1, -0.05) is 15.9 Å². The predicted molar refractivity (Wildman–Crippen MR) is 82.6 cm³/mol. The number of carbonyl (C=O) groups excluding carboxylic acids is 1. The summed E-state index contributed by atoms with van der Waals surface area (Å²) in [5.41, 5.74) is 1.61. The van der Waals surface area contributed by atoms with Crippen LogP contribution >= 0.6 is 15.9 Å². The van der Waals surface area contributed by atoms with Gasteiger partial charge >= 0.3 is 0 Å². The van der Waals surface area contributed by atoms with Gasteiger partial charge in [0, 0.05) is 16.6 Å². The number of hydrogen-bond donors (Lipinski definition) is 0. The van der Waals surface area contributed by atoms with E-state index < -0.39 is 0 Å². The maximum absolute atomic E-state index is 12.6. The van der Waals surface area contributed by atoms with E-state index in [-0.39, 0.29) is 5.91 Å². The minimum Gasteiger partial charge on any atom is -0.467 e. The molecule has 1 heterocycles. The number of rotatable bonds is 5. The monoisotopic (exact) mass is 346 g/mol. The Hall–Kier alpha value is -2.06. The quantitative estimate of drug-likeness (QED) is 0.824. The zero-order valence-corrected chi connectivity index (χ0v) is 13.3. The van der Waals surface area contributed by atoms with E-state index in [1.807, 2.05) is 25.1 Å². The Morgan fingerprint density at radius 1 is 1.43 bits per heavy atom. The second kappa shape index (κ2) is 7.09. The van der Waals surface area contributed by atoms with Crippen LogP contribution in [0.25, 0.3) is 0 Å². The van der Waals surface area contributed by atoms with Crippen molar-refractivity contribution >= 4 is 21.8 Å². The Labute approximate surface area is 132 Å². The molecular weight excluding hydrogens is 332 g/mol. The molecule has 0 aliphatic rings. The fraction of sp³-hybridized carbons (Fsp3) is 0.250. The molecule has 4 nitrogen and oxygen atoms in total. The lowest BCUT2D eigenvalue weighted by atomic mass is 10.1. The van der Waals surface area contributed by atoms with Crippen molar-refractivity contribution in [2.24, 2.45) is 0 Å². The summed E-state index contributed by atoms with van der Waals surface area (Å²) in [7, 11) is 0. The van der Waals surface area contributed by atoms with Crippen LogP contribution in [0.4, 0.5) is 0 Å². The van der Waals surface area contributed by atoms with Crippen LogP contribution in [0.3, 0.4) is 0 Å². The number of nitriles is 1. The Kier molecular flexibility index (Phi) is 5.18. The van der Waals surface area contributed by atoms with Gasteiger partial charge < -0.3 is 9.32 Å². The number of nitrogens with zero attached hydrogens (tertiary/aromatic N) is 2. The molecule has 1 amide bonds. The number of benzene rings is 1. The van der Waals surface area contributed by atoms with Crippen LogP contribution in [0.1, 0.15) is 28.1 Å². The molecule has 2 rings (SSSR count). The molecule has 0 N–H and O–H groups in total. The molecule has 0 bridgehead atoms. The van der Waals surface area contributed by atoms with Crippen molar-refractivity contribution in [3.05, 3.63) is 58.0 Å². The maximum Gasteiger partial charge on any atom is 0.254 e. The summed E-state index contributed by atoms with van der Waals surface area (Å²) >= 11 is 3.40. The average molecular weight is 347 g/mol. The Morgan fingerprint density at radius 2 is 2.24 bits per heavy atom. The lowest BCUT2D eigenvalue weighted by Gasteiger charge is -2.21. The first-order valence-electron chi connectivity index (χ1n) is 6.56. The number of furan rings is 1. The topological polar surface area (TPSA) is 57.2 Å². The molecule has 1 aromatic heterocycles. The predicted octanol–water partition coefficient (Wildman–Crippen LogP) is 3.91. The fourth-order valence-corrected chi connectivity index (χ4v) is 2.68. The van der Waals surface area contributed by atoms with E-state index in [9.17, 15) is 4.79 Å². The van der Waals surface area contributed by atoms with Crippen LogP contribution in [-0.4, -0.2) is 17.4 Å². The van der Waals surface area contributed by atoms with E-state index >= 15 is 0 Å². The normalized spacial score (nSPS) is 10.1. The summed E-state index contributed by atoms with van der Waals surface area (Å²) in [5.74, 6) is 0.596. The van der Waals surface area contributed by atoms with Gasteiger partial charge in [-0.05, 0) is 42.8 Å². The zero-order chi connectivity index (χ0) is 15.2. The summed E-state index contributed by atoms with van der Waals surface area (Å²) < 4.78 is 6.16. The van der Waals surface area contributed by atoms with Crippen molar-refractivity contribution in [1.29, 1.82) is 5.26 Å². The van der Waals surface area contributed by atoms with E-state index in [4.69, 9.17) is 9.68 Å². The molecule has 5 heteroatoms. The van der Waals surface area contributed by atoms with E-state index in [0.717, 1.165) is 10.0 Å². The van der Waals surface area contributed by atoms with Crippen molar-refractivity contribution in [2.45, 2.75) is 19.9 Å². The molecule has 21 heavy (non-hydrogen) atoms. The molecule has 0 saturated carbocycles. The van der Waals surface area contributed by atoms with Crippen molar-refractivity contribution in [1.82, 2.24) is 4.90 Å². The van der Waals surface area contributed by atoms with Crippen LogP contribution < -0.4 is 0 Å². The summed E-state index contributed by atoms with van der Waals surface area (Å²) in [5, 5.41) is 8.76. The first-order valence-corrected chi connectivity index (χ1v) is 7.35. The van der Waals surface area contributed by atoms with Gasteiger partial charge in [0.1, 0.15) is 5.76 Å². The molecular formula is C16H15BrN2O2. The van der Waals surface area contributed by atoms with Crippen molar-refractivity contribution in [3.63, 3.8) is 0 Å². The van der Waals surface area contributed by atoms with Crippen LogP contribution in [0, 0.1) is 18.3 Å². The third-order valence-electron chi connectivity index (χ3n) is 3.00. The van der Waals surface area contributed by atoms with Crippen LogP contribution in [0.5, 0.6) is 0 Å². The molecule has 0 radical (unpaired) electrons. The van der Waals surface area contributed by atoms with Crippen LogP contribution in [0.15, 0.2) is 45.5 Å². The highest BCUT2D eigenvalue weighted by molar-refractivity contribution is 9.10. The lowest BCUT2D eigenvalue weighted by molar-refractivity contribution is 0.0735. The standard InChI is InChI=1S/C16H15BrN2O2/c1-12-8-13(10-14(17)9-12)16(20)19(6-3-5-18)11-15-4-2-7-21-15/h2,4,7-10H,3,6,11H2,1H3. The third kappa shape index (κ3) is 4.20. The summed E-state index contributed by atoms with van der Waals surface area (Å²) in [4.78, 5) is 14.3. The average Bonchev–Trinajstić information content (AvgIpc) is 2.94. The van der Waals surface area contributed by atoms with Gasteiger partial charge in [-0.25, -0.2) is 0 Å². The van der Waals surface area contributed by atoms with Crippen molar-refractivity contribution in [2.75, 3.05) is 6.54 Å². The Balaban J connectivity index is 2.22. The highest BCUT2D eigenvalue weighted by atomic mass is 79.9. The number of amides is 1. The minimum absolute atomic E-state index is 0.106. The third-order valence-corrected chi connectivity index (χ3v) is 3.45. The highest BCUT2D eigenvalue weighted by Gasteiger charge is 2.17. The van der Waals surface area contributed by atoms with E-state index in [1.54, 1.807) is 23.3 Å². The molecule has 0 aliphatic carbocycles. The van der Waals surface area contributed by atoms with Gasteiger partial charge in [-0.3, -0.25) is 4.79 Å². The van der Waals surface area contributed by atoms with Gasteiger partial charge in [0.2, 0.25) is 0 Å². The van der Waals surface area contributed by atoms with E-state index in [0.29, 0.717) is 30.8 Å². The van der Waals surface area contributed by atoms with Gasteiger partial charge in [0.05, 0.1) is 25.3 Å². The zero-order valence-electron chi connectivity index (χ0n) is 11.7. The SMILES string of the molecule is Cc1cc(Br)cc(C(=O)N(CCC#N)Cc2ccco2)c1. The van der Waals surface area contributed by atoms with Gasteiger partial charge in [-0.15, -0.1) is 0 Å². The molecule has 0 saturated heterocycles. The summed E-state index contributed by atoms with van der Waals surface area (Å²) in [6.07, 6.45) is 1.87. The number of halogens is 1. The molecule has 2 aromatic rings. The number of hydrogen-bond acceptors (Lipinski definition) is 3. The second-order valence-corrected chi connectivity index (χ2v) is 5.65. The van der Waals surface area contributed by atoms with Crippen molar-refractivity contribution < 1.29 is 9.21 Å². The summed E-state index contributed by atoms with van der Waals surface area (Å²) in [6, 6.07) is 11.3. The Morgan fingerprint density at radius 3 is 2.86 bits per heavy atom. The molecule has 1 aromatic carbocycles. The van der Waals surface area contributed by atoms with Gasteiger partial charge in [-0.2, -0.15) is 5.26 Å². The van der Waals surface area contributed by atoms with E-state index in [1.165, 1.54) is 0 Å². The maximum atomic E-state index is 12.6. The molecule has 0 unspecified atom stereocenters. The molecule has 108 valence electrons.